The van der Waals surface area contributed by atoms with Gasteiger partial charge in [-0.2, -0.15) is 0 Å². The van der Waals surface area contributed by atoms with Gasteiger partial charge in [-0.3, -0.25) is 9.59 Å². The fraction of sp³-hybridized carbons (Fsp3) is 0.444. The van der Waals surface area contributed by atoms with E-state index in [-0.39, 0.29) is 37.9 Å². The average molecular weight is 465 g/mol. The van der Waals surface area contributed by atoms with Crippen LogP contribution in [-0.4, -0.2) is 42.8 Å². The summed E-state index contributed by atoms with van der Waals surface area (Å²) in [4.78, 5) is 36.4. The third-order valence-electron chi connectivity index (χ3n) is 7.25. The van der Waals surface area contributed by atoms with E-state index in [0.29, 0.717) is 18.8 Å². The number of carboxylic acids is 1. The van der Waals surface area contributed by atoms with Gasteiger partial charge in [-0.05, 0) is 53.9 Å². The molecule has 2 amide bonds. The highest BCUT2D eigenvalue weighted by Crippen LogP contribution is 2.44. The lowest BCUT2D eigenvalue weighted by atomic mass is 9.70. The number of hydrogen-bond donors (Lipinski definition) is 3. The quantitative estimate of drug-likeness (QED) is 0.540. The molecule has 2 aromatic carbocycles. The summed E-state index contributed by atoms with van der Waals surface area (Å²) in [5.41, 5.74) is 3.89. The Labute approximate surface area is 199 Å². The minimum atomic E-state index is -0.955. The van der Waals surface area contributed by atoms with E-state index in [1.165, 1.54) is 11.1 Å². The van der Waals surface area contributed by atoms with Crippen LogP contribution in [0.15, 0.2) is 48.5 Å². The van der Waals surface area contributed by atoms with E-state index in [9.17, 15) is 14.4 Å². The van der Waals surface area contributed by atoms with Crippen LogP contribution in [0.4, 0.5) is 4.79 Å². The molecule has 0 aromatic heterocycles. The molecule has 2 aromatic rings. The monoisotopic (exact) mass is 464 g/mol. The van der Waals surface area contributed by atoms with E-state index in [2.05, 4.69) is 41.8 Å². The molecule has 0 heterocycles. The summed E-state index contributed by atoms with van der Waals surface area (Å²) in [6.45, 7) is 2.63. The van der Waals surface area contributed by atoms with Crippen molar-refractivity contribution < 1.29 is 24.2 Å². The number of benzene rings is 2. The number of aliphatic carboxylic acids is 1. The van der Waals surface area contributed by atoms with Crippen LogP contribution in [0.2, 0.25) is 0 Å². The molecule has 7 heteroatoms. The SMILES string of the molecule is CC1CCC(CNC(=O)OCC2c3ccccc3-c3ccccc32)(C(=O)NCCC(=O)O)CC1. The lowest BCUT2D eigenvalue weighted by Gasteiger charge is -2.38. The second-order valence-electron chi connectivity index (χ2n) is 9.54. The number of rotatable bonds is 8. The predicted octanol–water partition coefficient (Wildman–Crippen LogP) is 4.31. The first-order chi connectivity index (χ1) is 16.4. The van der Waals surface area contributed by atoms with E-state index in [1.807, 2.05) is 24.3 Å². The van der Waals surface area contributed by atoms with Crippen molar-refractivity contribution in [3.05, 3.63) is 59.7 Å². The van der Waals surface area contributed by atoms with Gasteiger partial charge in [-0.1, -0.05) is 55.5 Å². The lowest BCUT2D eigenvalue weighted by Crippen LogP contribution is -2.50. The number of hydrogen-bond acceptors (Lipinski definition) is 4. The molecule has 0 aliphatic heterocycles. The smallest absolute Gasteiger partial charge is 0.407 e. The summed E-state index contributed by atoms with van der Waals surface area (Å²) in [5.74, 6) is -0.653. The van der Waals surface area contributed by atoms with Gasteiger partial charge in [0.1, 0.15) is 6.61 Å². The van der Waals surface area contributed by atoms with Crippen molar-refractivity contribution in [1.82, 2.24) is 10.6 Å². The van der Waals surface area contributed by atoms with Crippen molar-refractivity contribution in [1.29, 1.82) is 0 Å². The van der Waals surface area contributed by atoms with Gasteiger partial charge in [0, 0.05) is 19.0 Å². The van der Waals surface area contributed by atoms with Crippen LogP contribution >= 0.6 is 0 Å². The Morgan fingerprint density at radius 1 is 0.971 bits per heavy atom. The van der Waals surface area contributed by atoms with Gasteiger partial charge >= 0.3 is 12.1 Å². The third kappa shape index (κ3) is 5.08. The maximum Gasteiger partial charge on any atom is 0.407 e. The van der Waals surface area contributed by atoms with Gasteiger partial charge in [-0.25, -0.2) is 4.79 Å². The number of carbonyl (C=O) groups excluding carboxylic acids is 2. The molecule has 0 saturated heterocycles. The molecule has 1 fully saturated rings. The molecule has 7 nitrogen and oxygen atoms in total. The van der Waals surface area contributed by atoms with Crippen molar-refractivity contribution >= 4 is 18.0 Å². The number of fused-ring (bicyclic) bond motifs is 3. The zero-order valence-corrected chi connectivity index (χ0v) is 19.5. The average Bonchev–Trinajstić information content (AvgIpc) is 3.16. The topological polar surface area (TPSA) is 105 Å². The van der Waals surface area contributed by atoms with Crippen LogP contribution in [0.3, 0.4) is 0 Å². The molecule has 2 aliphatic carbocycles. The number of ether oxygens (including phenoxy) is 1. The first kappa shape index (κ1) is 23.8. The Morgan fingerprint density at radius 2 is 1.56 bits per heavy atom. The lowest BCUT2D eigenvalue weighted by molar-refractivity contribution is -0.137. The highest BCUT2D eigenvalue weighted by atomic mass is 16.5. The van der Waals surface area contributed by atoms with E-state index in [4.69, 9.17) is 9.84 Å². The normalized spacial score (nSPS) is 21.3. The maximum absolute atomic E-state index is 13.0. The molecule has 0 atom stereocenters. The van der Waals surface area contributed by atoms with E-state index >= 15 is 0 Å². The van der Waals surface area contributed by atoms with Crippen molar-refractivity contribution in [2.75, 3.05) is 19.7 Å². The summed E-state index contributed by atoms with van der Waals surface area (Å²) in [6, 6.07) is 16.3. The third-order valence-corrected chi connectivity index (χ3v) is 7.25. The van der Waals surface area contributed by atoms with Gasteiger partial charge in [0.2, 0.25) is 5.91 Å². The van der Waals surface area contributed by atoms with Crippen molar-refractivity contribution in [2.45, 2.75) is 44.9 Å². The van der Waals surface area contributed by atoms with Gasteiger partial charge in [0.05, 0.1) is 11.8 Å². The minimum Gasteiger partial charge on any atom is -0.481 e. The van der Waals surface area contributed by atoms with Crippen LogP contribution < -0.4 is 10.6 Å². The van der Waals surface area contributed by atoms with Crippen LogP contribution in [-0.2, 0) is 14.3 Å². The van der Waals surface area contributed by atoms with Crippen molar-refractivity contribution in [3.63, 3.8) is 0 Å². The van der Waals surface area contributed by atoms with Gasteiger partial charge in [-0.15, -0.1) is 0 Å². The zero-order chi connectivity index (χ0) is 24.1. The second kappa shape index (κ2) is 10.3. The Bertz CT molecular complexity index is 1010. The Hall–Kier alpha value is -3.35. The van der Waals surface area contributed by atoms with Crippen LogP contribution in [0, 0.1) is 11.3 Å². The van der Waals surface area contributed by atoms with Gasteiger partial charge in [0.25, 0.3) is 0 Å². The second-order valence-corrected chi connectivity index (χ2v) is 9.54. The molecule has 1 saturated carbocycles. The first-order valence-electron chi connectivity index (χ1n) is 12.0. The molecule has 2 aliphatic rings. The minimum absolute atomic E-state index is 0.0260. The van der Waals surface area contributed by atoms with E-state index in [1.54, 1.807) is 0 Å². The molecule has 4 rings (SSSR count). The summed E-state index contributed by atoms with van der Waals surface area (Å²) in [6.07, 6.45) is 2.40. The van der Waals surface area contributed by atoms with Crippen molar-refractivity contribution in [2.24, 2.45) is 11.3 Å². The van der Waals surface area contributed by atoms with Gasteiger partial charge < -0.3 is 20.5 Å². The summed E-state index contributed by atoms with van der Waals surface area (Å²) in [7, 11) is 0. The molecule has 3 N–H and O–H groups in total. The van der Waals surface area contributed by atoms with E-state index in [0.717, 1.165) is 24.0 Å². The summed E-state index contributed by atoms with van der Waals surface area (Å²) in [5, 5.41) is 14.4. The van der Waals surface area contributed by atoms with Crippen LogP contribution in [0.5, 0.6) is 0 Å². The number of carbonyl (C=O) groups is 3. The predicted molar refractivity (Wildman–Crippen MR) is 128 cm³/mol. The molecular formula is C27H32N2O5. The molecule has 0 bridgehead atoms. The summed E-state index contributed by atoms with van der Waals surface area (Å²) >= 11 is 0. The molecule has 0 unspecified atom stereocenters. The van der Waals surface area contributed by atoms with Crippen molar-refractivity contribution in [3.8, 4) is 11.1 Å². The first-order valence-corrected chi connectivity index (χ1v) is 12.0. The number of carboxylic acid groups (broad SMARTS) is 1. The highest BCUT2D eigenvalue weighted by molar-refractivity contribution is 5.84. The fourth-order valence-corrected chi connectivity index (χ4v) is 5.16. The molecular weight excluding hydrogens is 432 g/mol. The maximum atomic E-state index is 13.0. The Morgan fingerprint density at radius 3 is 2.15 bits per heavy atom. The van der Waals surface area contributed by atoms with Gasteiger partial charge in [0.15, 0.2) is 0 Å². The Kier molecular flexibility index (Phi) is 7.20. The Balaban J connectivity index is 1.37. The molecule has 0 spiro atoms. The zero-order valence-electron chi connectivity index (χ0n) is 19.5. The largest absolute Gasteiger partial charge is 0.481 e. The summed E-state index contributed by atoms with van der Waals surface area (Å²) < 4.78 is 5.63. The van der Waals surface area contributed by atoms with Crippen LogP contribution in [0.1, 0.15) is 56.1 Å². The highest BCUT2D eigenvalue weighted by Gasteiger charge is 2.41. The standard InChI is InChI=1S/C27H32N2O5/c1-18-10-13-27(14-11-18,25(32)28-15-12-24(30)31)17-29-26(33)34-16-23-21-8-4-2-6-19(21)20-7-3-5-9-22(20)23/h2-9,18,23H,10-17H2,1H3,(H,28,32)(H,29,33)(H,30,31). The number of amides is 2. The molecule has 34 heavy (non-hydrogen) atoms. The fourth-order valence-electron chi connectivity index (χ4n) is 5.16. The molecule has 180 valence electrons. The molecule has 0 radical (unpaired) electrons. The number of nitrogens with one attached hydrogen (secondary N) is 2. The van der Waals surface area contributed by atoms with E-state index < -0.39 is 17.5 Å². The van der Waals surface area contributed by atoms with Crippen LogP contribution in [0.25, 0.3) is 11.1 Å². The number of alkyl carbamates (subject to hydrolysis) is 1.